The third-order valence-electron chi connectivity index (χ3n) is 4.71. The maximum atomic E-state index is 13.7. The molecule has 0 aliphatic carbocycles. The highest BCUT2D eigenvalue weighted by Gasteiger charge is 2.25. The van der Waals surface area contributed by atoms with Crippen LogP contribution >= 0.6 is 0 Å². The molecule has 2 heterocycles. The van der Waals surface area contributed by atoms with Crippen molar-refractivity contribution in [3.05, 3.63) is 95.9 Å². The number of aryl methyl sites for hydroxylation is 1. The Morgan fingerprint density at radius 3 is 2.36 bits per heavy atom. The van der Waals surface area contributed by atoms with Crippen LogP contribution in [0.1, 0.15) is 21.7 Å². The van der Waals surface area contributed by atoms with Crippen molar-refractivity contribution in [2.45, 2.75) is 13.5 Å². The maximum absolute atomic E-state index is 13.7. The summed E-state index contributed by atoms with van der Waals surface area (Å²) in [6.07, 6.45) is 1.84. The molecular weight excluding hydrogens is 350 g/mol. The second-order valence-corrected chi connectivity index (χ2v) is 6.53. The number of fused-ring (bicyclic) bond motifs is 1. The van der Waals surface area contributed by atoms with Gasteiger partial charge in [0.2, 0.25) is 0 Å². The topological polar surface area (TPSA) is 46.8 Å². The zero-order valence-corrected chi connectivity index (χ0v) is 15.9. The number of methoxy groups -OCH3 is 1. The summed E-state index contributed by atoms with van der Waals surface area (Å²) in [4.78, 5) is 20.0. The monoisotopic (exact) mass is 371 g/mol. The first-order chi connectivity index (χ1) is 13.7. The van der Waals surface area contributed by atoms with Crippen molar-refractivity contribution in [2.75, 3.05) is 12.0 Å². The number of pyridine rings is 1. The molecule has 28 heavy (non-hydrogen) atoms. The van der Waals surface area contributed by atoms with Gasteiger partial charge in [-0.15, -0.1) is 0 Å². The number of rotatable bonds is 5. The highest BCUT2D eigenvalue weighted by atomic mass is 16.5. The highest BCUT2D eigenvalue weighted by molar-refractivity contribution is 6.06. The van der Waals surface area contributed by atoms with Crippen LogP contribution in [0.5, 0.6) is 5.75 Å². The van der Waals surface area contributed by atoms with Gasteiger partial charge in [-0.05, 0) is 36.8 Å². The molecule has 0 aliphatic heterocycles. The minimum atomic E-state index is -0.103. The third kappa shape index (κ3) is 3.22. The summed E-state index contributed by atoms with van der Waals surface area (Å²) in [6, 6.07) is 23.4. The number of carbonyl (C=O) groups excluding carboxylic acids is 1. The van der Waals surface area contributed by atoms with Crippen molar-refractivity contribution in [3.63, 3.8) is 0 Å². The Morgan fingerprint density at radius 1 is 1.00 bits per heavy atom. The molecule has 0 radical (unpaired) electrons. The average molecular weight is 371 g/mol. The molecule has 0 saturated carbocycles. The number of carbonyl (C=O) groups is 1. The molecule has 0 spiro atoms. The van der Waals surface area contributed by atoms with Crippen LogP contribution in [0, 0.1) is 6.92 Å². The third-order valence-corrected chi connectivity index (χ3v) is 4.71. The lowest BCUT2D eigenvalue weighted by Gasteiger charge is -2.23. The van der Waals surface area contributed by atoms with E-state index in [4.69, 9.17) is 4.74 Å². The Kier molecular flexibility index (Phi) is 4.81. The van der Waals surface area contributed by atoms with E-state index in [0.29, 0.717) is 29.3 Å². The molecule has 5 heteroatoms. The molecule has 4 rings (SSSR count). The van der Waals surface area contributed by atoms with E-state index in [2.05, 4.69) is 4.98 Å². The summed E-state index contributed by atoms with van der Waals surface area (Å²) in [5, 5.41) is 0. The van der Waals surface area contributed by atoms with Crippen molar-refractivity contribution in [1.82, 2.24) is 9.38 Å². The number of anilines is 1. The first-order valence-corrected chi connectivity index (χ1v) is 9.11. The number of aromatic nitrogens is 2. The molecule has 1 amide bonds. The van der Waals surface area contributed by atoms with Gasteiger partial charge in [-0.1, -0.05) is 48.5 Å². The standard InChI is InChI=1S/C23H21N3O2/c1-17-21(25-15-9-14-20(28-2)22(25)24-17)23(27)26(19-12-7-4-8-13-19)16-18-10-5-3-6-11-18/h3-15H,16H2,1-2H3. The van der Waals surface area contributed by atoms with Crippen LogP contribution in [-0.4, -0.2) is 22.4 Å². The Bertz CT molecular complexity index is 1100. The Labute approximate surface area is 163 Å². The molecule has 0 N–H and O–H groups in total. The van der Waals surface area contributed by atoms with Crippen LogP contribution in [-0.2, 0) is 6.54 Å². The molecule has 140 valence electrons. The number of imidazole rings is 1. The lowest BCUT2D eigenvalue weighted by molar-refractivity contribution is 0.0979. The normalized spacial score (nSPS) is 10.8. The number of amides is 1. The number of hydrogen-bond donors (Lipinski definition) is 0. The summed E-state index contributed by atoms with van der Waals surface area (Å²) in [5.74, 6) is 0.535. The van der Waals surface area contributed by atoms with E-state index >= 15 is 0 Å². The van der Waals surface area contributed by atoms with E-state index in [1.165, 1.54) is 0 Å². The molecule has 0 saturated heterocycles. The fraction of sp³-hybridized carbons (Fsp3) is 0.130. The maximum Gasteiger partial charge on any atom is 0.277 e. The zero-order chi connectivity index (χ0) is 19.5. The minimum absolute atomic E-state index is 0.103. The SMILES string of the molecule is COc1cccn2c(C(=O)N(Cc3ccccc3)c3ccccc3)c(C)nc12. The van der Waals surface area contributed by atoms with E-state index in [9.17, 15) is 4.79 Å². The summed E-state index contributed by atoms with van der Waals surface area (Å²) < 4.78 is 7.21. The highest BCUT2D eigenvalue weighted by Crippen LogP contribution is 2.25. The van der Waals surface area contributed by atoms with Gasteiger partial charge in [-0.25, -0.2) is 4.98 Å². The summed E-state index contributed by atoms with van der Waals surface area (Å²) >= 11 is 0. The van der Waals surface area contributed by atoms with Crippen LogP contribution < -0.4 is 9.64 Å². The first kappa shape index (κ1) is 17.8. The summed E-state index contributed by atoms with van der Waals surface area (Å²) in [7, 11) is 1.60. The Hall–Kier alpha value is -3.60. The van der Waals surface area contributed by atoms with Gasteiger partial charge in [0.25, 0.3) is 5.91 Å². The lowest BCUT2D eigenvalue weighted by atomic mass is 10.1. The molecular formula is C23H21N3O2. The van der Waals surface area contributed by atoms with Crippen molar-refractivity contribution in [3.8, 4) is 5.75 Å². The van der Waals surface area contributed by atoms with E-state index in [1.54, 1.807) is 16.4 Å². The van der Waals surface area contributed by atoms with Gasteiger partial charge in [0, 0.05) is 11.9 Å². The Morgan fingerprint density at radius 2 is 1.68 bits per heavy atom. The van der Waals surface area contributed by atoms with Gasteiger partial charge < -0.3 is 9.64 Å². The van der Waals surface area contributed by atoms with E-state index in [1.807, 2.05) is 85.9 Å². The number of benzene rings is 2. The van der Waals surface area contributed by atoms with Crippen LogP contribution in [0.25, 0.3) is 5.65 Å². The largest absolute Gasteiger partial charge is 0.493 e. The average Bonchev–Trinajstić information content (AvgIpc) is 3.08. The molecule has 0 atom stereocenters. The van der Waals surface area contributed by atoms with Gasteiger partial charge in [0.15, 0.2) is 11.4 Å². The molecule has 4 aromatic rings. The molecule has 0 unspecified atom stereocenters. The first-order valence-electron chi connectivity index (χ1n) is 9.11. The number of ether oxygens (including phenoxy) is 1. The second kappa shape index (κ2) is 7.56. The molecule has 5 nitrogen and oxygen atoms in total. The minimum Gasteiger partial charge on any atom is -0.493 e. The number of para-hydroxylation sites is 1. The van der Waals surface area contributed by atoms with Crippen LogP contribution in [0.4, 0.5) is 5.69 Å². The van der Waals surface area contributed by atoms with Crippen molar-refractivity contribution in [2.24, 2.45) is 0 Å². The van der Waals surface area contributed by atoms with E-state index < -0.39 is 0 Å². The molecule has 0 aliphatic rings. The quantitative estimate of drug-likeness (QED) is 0.519. The smallest absolute Gasteiger partial charge is 0.277 e. The van der Waals surface area contributed by atoms with Crippen LogP contribution in [0.2, 0.25) is 0 Å². The second-order valence-electron chi connectivity index (χ2n) is 6.53. The molecule has 0 fully saturated rings. The van der Waals surface area contributed by atoms with Crippen LogP contribution in [0.15, 0.2) is 79.0 Å². The predicted octanol–water partition coefficient (Wildman–Crippen LogP) is 4.50. The molecule has 2 aromatic heterocycles. The van der Waals surface area contributed by atoms with Crippen molar-refractivity contribution < 1.29 is 9.53 Å². The Balaban J connectivity index is 1.82. The lowest BCUT2D eigenvalue weighted by Crippen LogP contribution is -2.31. The summed E-state index contributed by atoms with van der Waals surface area (Å²) in [6.45, 7) is 2.33. The molecule has 0 bridgehead atoms. The van der Waals surface area contributed by atoms with Gasteiger partial charge in [-0.3, -0.25) is 9.20 Å². The van der Waals surface area contributed by atoms with Gasteiger partial charge in [0.1, 0.15) is 5.69 Å². The predicted molar refractivity (Wildman–Crippen MR) is 110 cm³/mol. The number of nitrogens with zero attached hydrogens (tertiary/aromatic N) is 3. The summed E-state index contributed by atoms with van der Waals surface area (Å²) in [5.41, 5.74) is 3.74. The number of hydrogen-bond acceptors (Lipinski definition) is 3. The van der Waals surface area contributed by atoms with E-state index in [-0.39, 0.29) is 5.91 Å². The van der Waals surface area contributed by atoms with Crippen LogP contribution in [0.3, 0.4) is 0 Å². The van der Waals surface area contributed by atoms with Crippen molar-refractivity contribution >= 4 is 17.2 Å². The zero-order valence-electron chi connectivity index (χ0n) is 15.9. The fourth-order valence-corrected chi connectivity index (χ4v) is 3.36. The van der Waals surface area contributed by atoms with Gasteiger partial charge >= 0.3 is 0 Å². The van der Waals surface area contributed by atoms with Crippen molar-refractivity contribution in [1.29, 1.82) is 0 Å². The molecule has 2 aromatic carbocycles. The fourth-order valence-electron chi connectivity index (χ4n) is 3.36. The van der Waals surface area contributed by atoms with Gasteiger partial charge in [0.05, 0.1) is 19.3 Å². The van der Waals surface area contributed by atoms with Gasteiger partial charge in [-0.2, -0.15) is 0 Å². The van der Waals surface area contributed by atoms with E-state index in [0.717, 1.165) is 11.3 Å².